The summed E-state index contributed by atoms with van der Waals surface area (Å²) in [4.78, 5) is 2.81. The van der Waals surface area contributed by atoms with Gasteiger partial charge in [-0.1, -0.05) is 6.07 Å². The first-order valence-electron chi connectivity index (χ1n) is 12.3. The van der Waals surface area contributed by atoms with E-state index in [1.807, 2.05) is 27.0 Å². The van der Waals surface area contributed by atoms with Gasteiger partial charge in [0, 0.05) is 42.0 Å². The third-order valence-corrected chi connectivity index (χ3v) is 10.5. The summed E-state index contributed by atoms with van der Waals surface area (Å²) >= 11 is 0. The maximum Gasteiger partial charge on any atom is 0.165 e. The largest absolute Gasteiger partial charge is 0.504 e. The Kier molecular flexibility index (Phi) is 4.27. The van der Waals surface area contributed by atoms with E-state index in [1.165, 1.54) is 30.5 Å². The van der Waals surface area contributed by atoms with E-state index in [0.29, 0.717) is 11.8 Å². The molecule has 176 valence electrons. The Morgan fingerprint density at radius 2 is 2.00 bits per heavy atom. The van der Waals surface area contributed by atoms with Crippen molar-refractivity contribution in [3.8, 4) is 11.5 Å². The number of benzene rings is 1. The molecule has 6 atom stereocenters. The molecule has 2 spiro atoms. The van der Waals surface area contributed by atoms with Crippen molar-refractivity contribution in [2.24, 2.45) is 17.3 Å². The van der Waals surface area contributed by atoms with E-state index < -0.39 is 11.2 Å². The van der Waals surface area contributed by atoms with Crippen molar-refractivity contribution in [1.82, 2.24) is 4.90 Å². The van der Waals surface area contributed by atoms with Gasteiger partial charge < -0.3 is 19.7 Å². The van der Waals surface area contributed by atoms with E-state index in [-0.39, 0.29) is 41.0 Å². The van der Waals surface area contributed by atoms with Gasteiger partial charge in [0.2, 0.25) is 0 Å². The number of aliphatic hydroxyl groups is 1. The number of hydrogen-bond acceptors (Lipinski definition) is 5. The van der Waals surface area contributed by atoms with E-state index in [9.17, 15) is 10.2 Å². The van der Waals surface area contributed by atoms with Gasteiger partial charge in [0.25, 0.3) is 0 Å². The van der Waals surface area contributed by atoms with Crippen LogP contribution in [-0.2, 0) is 16.6 Å². The first-order chi connectivity index (χ1) is 14.8. The van der Waals surface area contributed by atoms with Gasteiger partial charge in [0.1, 0.15) is 11.7 Å². The smallest absolute Gasteiger partial charge is 0.165 e. The van der Waals surface area contributed by atoms with Crippen molar-refractivity contribution in [2.75, 3.05) is 20.2 Å². The fourth-order valence-electron chi connectivity index (χ4n) is 9.23. The molecule has 0 radical (unpaired) electrons. The Hall–Kier alpha value is -1.01. The first-order valence-corrected chi connectivity index (χ1v) is 12.3. The Balaban J connectivity index is 0.00000196. The SMILES string of the molecule is COC12CCC3(C[C@@H]1C(C)(C)O)[C@H]1Cc4ccc(O)c5c4[C@@]3(CCN1CC1CC1)[C@H]2O5.Cl. The molecule has 2 unspecified atom stereocenters. The Morgan fingerprint density at radius 1 is 1.22 bits per heavy atom. The minimum atomic E-state index is -0.846. The minimum absolute atomic E-state index is 0. The lowest BCUT2D eigenvalue weighted by Gasteiger charge is -2.75. The van der Waals surface area contributed by atoms with Gasteiger partial charge in [-0.05, 0) is 82.9 Å². The molecule has 1 saturated heterocycles. The number of ether oxygens (including phenoxy) is 2. The predicted octanol–water partition coefficient (Wildman–Crippen LogP) is 3.81. The lowest BCUT2D eigenvalue weighted by Crippen LogP contribution is -2.82. The number of rotatable bonds is 4. The lowest BCUT2D eigenvalue weighted by atomic mass is 9.34. The van der Waals surface area contributed by atoms with Crippen LogP contribution in [0.15, 0.2) is 12.1 Å². The number of hydrogen-bond donors (Lipinski definition) is 2. The van der Waals surface area contributed by atoms with Crippen LogP contribution in [0.5, 0.6) is 11.5 Å². The topological polar surface area (TPSA) is 62.2 Å². The summed E-state index contributed by atoms with van der Waals surface area (Å²) in [5.74, 6) is 1.86. The molecule has 5 fully saturated rings. The molecule has 1 aromatic rings. The maximum atomic E-state index is 11.4. The quantitative estimate of drug-likeness (QED) is 0.714. The third-order valence-electron chi connectivity index (χ3n) is 10.5. The normalized spacial score (nSPS) is 43.4. The van der Waals surface area contributed by atoms with Crippen LogP contribution in [0.1, 0.15) is 63.5 Å². The van der Waals surface area contributed by atoms with Crippen LogP contribution in [-0.4, -0.2) is 58.7 Å². The molecular formula is C26H36ClNO4. The average molecular weight is 462 g/mol. The highest BCUT2D eigenvalue weighted by Crippen LogP contribution is 2.77. The van der Waals surface area contributed by atoms with E-state index in [2.05, 4.69) is 11.0 Å². The number of phenols is 1. The number of methoxy groups -OCH3 is 1. The van der Waals surface area contributed by atoms with Crippen LogP contribution >= 0.6 is 12.4 Å². The zero-order chi connectivity index (χ0) is 21.4. The molecule has 7 aliphatic rings. The summed E-state index contributed by atoms with van der Waals surface area (Å²) in [7, 11) is 1.81. The fourth-order valence-corrected chi connectivity index (χ4v) is 9.23. The summed E-state index contributed by atoms with van der Waals surface area (Å²) in [6.07, 6.45) is 7.72. The molecule has 6 heteroatoms. The highest BCUT2D eigenvalue weighted by molar-refractivity contribution is 5.85. The van der Waals surface area contributed by atoms with Crippen molar-refractivity contribution in [2.45, 2.75) is 87.6 Å². The van der Waals surface area contributed by atoms with Gasteiger partial charge in [-0.2, -0.15) is 0 Å². The minimum Gasteiger partial charge on any atom is -0.504 e. The molecule has 32 heavy (non-hydrogen) atoms. The van der Waals surface area contributed by atoms with Crippen molar-refractivity contribution in [1.29, 1.82) is 0 Å². The van der Waals surface area contributed by atoms with E-state index >= 15 is 0 Å². The van der Waals surface area contributed by atoms with Crippen LogP contribution in [0.2, 0.25) is 0 Å². The Labute approximate surface area is 196 Å². The third kappa shape index (κ3) is 2.23. The van der Waals surface area contributed by atoms with E-state index in [0.717, 1.165) is 44.6 Å². The summed E-state index contributed by atoms with van der Waals surface area (Å²) in [5, 5.41) is 22.2. The zero-order valence-electron chi connectivity index (χ0n) is 19.4. The molecule has 1 aromatic carbocycles. The monoisotopic (exact) mass is 461 g/mol. The first kappa shape index (κ1) is 21.5. The number of aromatic hydroxyl groups is 1. The Bertz CT molecular complexity index is 973. The molecule has 0 aromatic heterocycles. The summed E-state index contributed by atoms with van der Waals surface area (Å²) < 4.78 is 13.2. The molecular weight excluding hydrogens is 426 g/mol. The van der Waals surface area contributed by atoms with Gasteiger partial charge in [-0.15, -0.1) is 12.4 Å². The number of fused-ring (bicyclic) bond motifs is 2. The van der Waals surface area contributed by atoms with Gasteiger partial charge in [-0.3, -0.25) is 4.90 Å². The highest BCUT2D eigenvalue weighted by atomic mass is 35.5. The molecule has 2 heterocycles. The zero-order valence-corrected chi connectivity index (χ0v) is 20.2. The van der Waals surface area contributed by atoms with Gasteiger partial charge in [-0.25, -0.2) is 0 Å². The van der Waals surface area contributed by atoms with Crippen LogP contribution < -0.4 is 4.74 Å². The molecule has 8 rings (SSSR count). The number of phenolic OH excluding ortho intramolecular Hbond substituents is 1. The van der Waals surface area contributed by atoms with E-state index in [1.54, 1.807) is 0 Å². The average Bonchev–Trinajstić information content (AvgIpc) is 3.47. The second kappa shape index (κ2) is 6.35. The van der Waals surface area contributed by atoms with Gasteiger partial charge in [0.05, 0.1) is 5.60 Å². The van der Waals surface area contributed by atoms with Crippen molar-refractivity contribution < 1.29 is 19.7 Å². The van der Waals surface area contributed by atoms with Crippen LogP contribution in [0.4, 0.5) is 0 Å². The standard InChI is InChI=1S/C26H35NO4.ClH/c1-23(2,29)18-13-24-8-9-26(18,30-3)22-25(24)10-11-27(14-15-4-5-15)19(24)12-16-6-7-17(28)21(31-22)20(16)25;/h6-7,15,18-19,22,28-29H,4-5,8-14H2,1-3H3;1H/t18-,19-,22-,24?,25+,26?;/m1./s1. The molecule has 2 N–H and O–H groups in total. The summed E-state index contributed by atoms with van der Waals surface area (Å²) in [6, 6.07) is 4.46. The lowest BCUT2D eigenvalue weighted by molar-refractivity contribution is -0.300. The second-order valence-electron chi connectivity index (χ2n) is 12.1. The molecule has 4 saturated carbocycles. The number of halogens is 1. The van der Waals surface area contributed by atoms with Crippen LogP contribution in [0.25, 0.3) is 0 Å². The van der Waals surface area contributed by atoms with Gasteiger partial charge >= 0.3 is 0 Å². The van der Waals surface area contributed by atoms with Crippen LogP contribution in [0.3, 0.4) is 0 Å². The van der Waals surface area contributed by atoms with Crippen molar-refractivity contribution in [3.63, 3.8) is 0 Å². The number of piperidine rings is 1. The fraction of sp³-hybridized carbons (Fsp3) is 0.769. The van der Waals surface area contributed by atoms with E-state index in [4.69, 9.17) is 9.47 Å². The molecule has 5 aliphatic carbocycles. The Morgan fingerprint density at radius 3 is 2.69 bits per heavy atom. The van der Waals surface area contributed by atoms with Crippen molar-refractivity contribution in [3.05, 3.63) is 23.3 Å². The number of likely N-dealkylation sites (tertiary alicyclic amines) is 1. The van der Waals surface area contributed by atoms with Gasteiger partial charge in [0.15, 0.2) is 11.5 Å². The maximum absolute atomic E-state index is 11.4. The van der Waals surface area contributed by atoms with Crippen molar-refractivity contribution >= 4 is 12.4 Å². The summed E-state index contributed by atoms with van der Waals surface area (Å²) in [5.41, 5.74) is 1.24. The van der Waals surface area contributed by atoms with Crippen LogP contribution in [0, 0.1) is 17.3 Å². The summed E-state index contributed by atoms with van der Waals surface area (Å²) in [6.45, 7) is 6.23. The number of nitrogens with zero attached hydrogens (tertiary/aromatic N) is 1. The second-order valence-corrected chi connectivity index (χ2v) is 12.1. The molecule has 5 nitrogen and oxygen atoms in total. The molecule has 0 amide bonds. The predicted molar refractivity (Wildman–Crippen MR) is 124 cm³/mol. The molecule has 2 aliphatic heterocycles. The highest BCUT2D eigenvalue weighted by Gasteiger charge is 2.81. The molecule has 4 bridgehead atoms.